The zero-order valence-electron chi connectivity index (χ0n) is 12.2. The number of amides is 1. The molecule has 1 N–H and O–H groups in total. The summed E-state index contributed by atoms with van der Waals surface area (Å²) in [5.41, 5.74) is 2.14. The van der Waals surface area contributed by atoms with E-state index in [-0.39, 0.29) is 12.0 Å². The zero-order chi connectivity index (χ0) is 15.5. The predicted molar refractivity (Wildman–Crippen MR) is 88.6 cm³/mol. The summed E-state index contributed by atoms with van der Waals surface area (Å²) in [6.07, 6.45) is -0.132. The number of methoxy groups -OCH3 is 1. The fourth-order valence-electron chi connectivity index (χ4n) is 2.14. The number of nitrogens with zero attached hydrogens (tertiary/aromatic N) is 2. The number of fused-ring (bicyclic) bond motifs is 1. The SMILES string of the molecule is CO[C@@H](CNC(=O)c1ccc2nsnc2c1)c1ccc(C)s1. The number of rotatable bonds is 5. The van der Waals surface area contributed by atoms with Crippen molar-refractivity contribution in [3.05, 3.63) is 45.6 Å². The Balaban J connectivity index is 1.68. The quantitative estimate of drug-likeness (QED) is 0.779. The molecule has 2 aromatic heterocycles. The van der Waals surface area contributed by atoms with Crippen molar-refractivity contribution in [2.24, 2.45) is 0 Å². The van der Waals surface area contributed by atoms with Crippen LogP contribution in [-0.2, 0) is 4.74 Å². The van der Waals surface area contributed by atoms with E-state index in [1.165, 1.54) is 4.88 Å². The molecule has 22 heavy (non-hydrogen) atoms. The van der Waals surface area contributed by atoms with E-state index < -0.39 is 0 Å². The van der Waals surface area contributed by atoms with Gasteiger partial charge in [0, 0.05) is 29.0 Å². The summed E-state index contributed by atoms with van der Waals surface area (Å²) in [5.74, 6) is -0.134. The zero-order valence-corrected chi connectivity index (χ0v) is 13.8. The van der Waals surface area contributed by atoms with E-state index in [9.17, 15) is 4.79 Å². The Hall–Kier alpha value is -1.83. The van der Waals surface area contributed by atoms with Crippen LogP contribution in [0.2, 0.25) is 0 Å². The van der Waals surface area contributed by atoms with Gasteiger partial charge < -0.3 is 10.1 Å². The summed E-state index contributed by atoms with van der Waals surface area (Å²) < 4.78 is 13.7. The minimum absolute atomic E-state index is 0.132. The van der Waals surface area contributed by atoms with Crippen molar-refractivity contribution < 1.29 is 9.53 Å². The predicted octanol–water partition coefficient (Wildman–Crippen LogP) is 3.18. The highest BCUT2D eigenvalue weighted by Crippen LogP contribution is 2.24. The molecular weight excluding hydrogens is 318 g/mol. The van der Waals surface area contributed by atoms with Gasteiger partial charge in [-0.05, 0) is 37.3 Å². The van der Waals surface area contributed by atoms with Crippen molar-refractivity contribution in [2.75, 3.05) is 13.7 Å². The van der Waals surface area contributed by atoms with E-state index in [4.69, 9.17) is 4.74 Å². The van der Waals surface area contributed by atoms with Crippen LogP contribution in [0.3, 0.4) is 0 Å². The molecule has 114 valence electrons. The molecule has 7 heteroatoms. The number of carbonyl (C=O) groups is 1. The minimum atomic E-state index is -0.134. The van der Waals surface area contributed by atoms with E-state index in [1.807, 2.05) is 12.1 Å². The van der Waals surface area contributed by atoms with Crippen LogP contribution in [-0.4, -0.2) is 28.3 Å². The molecule has 0 aliphatic heterocycles. The Morgan fingerprint density at radius 3 is 2.82 bits per heavy atom. The second kappa shape index (κ2) is 6.51. The van der Waals surface area contributed by atoms with E-state index in [2.05, 4.69) is 27.1 Å². The van der Waals surface area contributed by atoms with Gasteiger partial charge in [-0.25, -0.2) is 0 Å². The molecule has 0 spiro atoms. The number of carbonyl (C=O) groups excluding carboxylic acids is 1. The number of thiophene rings is 1. The average molecular weight is 333 g/mol. The van der Waals surface area contributed by atoms with Crippen molar-refractivity contribution in [1.29, 1.82) is 0 Å². The molecule has 3 rings (SSSR count). The standard InChI is InChI=1S/C15H15N3O2S2/c1-9-3-6-14(21-9)13(20-2)8-16-15(19)10-4-5-11-12(7-10)18-22-17-11/h3-7,13H,8H2,1-2H3,(H,16,19)/t13-/m0/s1. The molecular formula is C15H15N3O2S2. The van der Waals surface area contributed by atoms with Crippen molar-refractivity contribution in [3.8, 4) is 0 Å². The normalized spacial score (nSPS) is 12.5. The first-order valence-electron chi connectivity index (χ1n) is 6.77. The van der Waals surface area contributed by atoms with Crippen LogP contribution < -0.4 is 5.32 Å². The van der Waals surface area contributed by atoms with Gasteiger partial charge in [-0.1, -0.05) is 0 Å². The lowest BCUT2D eigenvalue weighted by Gasteiger charge is -2.14. The first-order chi connectivity index (χ1) is 10.7. The van der Waals surface area contributed by atoms with Crippen LogP contribution in [0.4, 0.5) is 0 Å². The lowest BCUT2D eigenvalue weighted by Crippen LogP contribution is -2.28. The molecule has 1 amide bonds. The number of benzene rings is 1. The lowest BCUT2D eigenvalue weighted by atomic mass is 10.2. The molecule has 0 bridgehead atoms. The van der Waals surface area contributed by atoms with Crippen molar-refractivity contribution in [3.63, 3.8) is 0 Å². The lowest BCUT2D eigenvalue weighted by molar-refractivity contribution is 0.0838. The first kappa shape index (κ1) is 15.1. The van der Waals surface area contributed by atoms with Crippen LogP contribution in [0.5, 0.6) is 0 Å². The molecule has 0 unspecified atom stereocenters. The van der Waals surface area contributed by atoms with Gasteiger partial charge in [-0.3, -0.25) is 4.79 Å². The number of aromatic nitrogens is 2. The molecule has 0 aliphatic rings. The highest BCUT2D eigenvalue weighted by molar-refractivity contribution is 7.12. The summed E-state index contributed by atoms with van der Waals surface area (Å²) >= 11 is 2.82. The van der Waals surface area contributed by atoms with E-state index >= 15 is 0 Å². The molecule has 0 saturated heterocycles. The van der Waals surface area contributed by atoms with Crippen LogP contribution in [0.1, 0.15) is 26.2 Å². The highest BCUT2D eigenvalue weighted by atomic mass is 32.1. The van der Waals surface area contributed by atoms with Gasteiger partial charge in [0.25, 0.3) is 5.91 Å². The molecule has 0 fully saturated rings. The fourth-order valence-corrected chi connectivity index (χ4v) is 3.61. The van der Waals surface area contributed by atoms with Gasteiger partial charge in [0.05, 0.1) is 11.7 Å². The molecule has 0 saturated carbocycles. The number of hydrogen-bond acceptors (Lipinski definition) is 6. The second-order valence-corrected chi connectivity index (χ2v) is 6.70. The Morgan fingerprint density at radius 2 is 2.09 bits per heavy atom. The van der Waals surface area contributed by atoms with Crippen molar-refractivity contribution >= 4 is 40.0 Å². The largest absolute Gasteiger partial charge is 0.374 e. The Morgan fingerprint density at radius 1 is 1.27 bits per heavy atom. The Kier molecular flexibility index (Phi) is 4.47. The van der Waals surface area contributed by atoms with Crippen molar-refractivity contribution in [2.45, 2.75) is 13.0 Å². The molecule has 0 aliphatic carbocycles. The van der Waals surface area contributed by atoms with E-state index in [1.54, 1.807) is 30.6 Å². The molecule has 1 aromatic carbocycles. The average Bonchev–Trinajstić information content (AvgIpc) is 3.15. The maximum atomic E-state index is 12.3. The van der Waals surface area contributed by atoms with Crippen LogP contribution in [0, 0.1) is 6.92 Å². The van der Waals surface area contributed by atoms with E-state index in [0.29, 0.717) is 12.1 Å². The number of aryl methyl sites for hydroxylation is 1. The summed E-state index contributed by atoms with van der Waals surface area (Å²) in [4.78, 5) is 14.6. The maximum Gasteiger partial charge on any atom is 0.251 e. The molecule has 3 aromatic rings. The van der Waals surface area contributed by atoms with Gasteiger partial charge >= 0.3 is 0 Å². The summed E-state index contributed by atoms with van der Waals surface area (Å²) in [7, 11) is 1.65. The third-order valence-corrected chi connectivity index (χ3v) is 4.98. The van der Waals surface area contributed by atoms with Gasteiger partial charge in [0.15, 0.2) is 0 Å². The van der Waals surface area contributed by atoms with Crippen LogP contribution in [0.15, 0.2) is 30.3 Å². The van der Waals surface area contributed by atoms with Crippen LogP contribution in [0.25, 0.3) is 11.0 Å². The number of hydrogen-bond donors (Lipinski definition) is 1. The molecule has 5 nitrogen and oxygen atoms in total. The molecule has 2 heterocycles. The van der Waals surface area contributed by atoms with Gasteiger partial charge in [-0.2, -0.15) is 8.75 Å². The van der Waals surface area contributed by atoms with Gasteiger partial charge in [-0.15, -0.1) is 11.3 Å². The third kappa shape index (κ3) is 3.16. The second-order valence-electron chi connectivity index (χ2n) is 4.85. The van der Waals surface area contributed by atoms with E-state index in [0.717, 1.165) is 27.6 Å². The summed E-state index contributed by atoms with van der Waals surface area (Å²) in [6, 6.07) is 9.41. The highest BCUT2D eigenvalue weighted by Gasteiger charge is 2.15. The smallest absolute Gasteiger partial charge is 0.251 e. The Bertz CT molecular complexity index is 797. The topological polar surface area (TPSA) is 64.1 Å². The molecule has 0 radical (unpaired) electrons. The Labute approximate surface area is 136 Å². The fraction of sp³-hybridized carbons (Fsp3) is 0.267. The van der Waals surface area contributed by atoms with Gasteiger partial charge in [0.1, 0.15) is 17.1 Å². The third-order valence-electron chi connectivity index (χ3n) is 3.33. The number of nitrogens with one attached hydrogen (secondary N) is 1. The first-order valence-corrected chi connectivity index (χ1v) is 8.31. The molecule has 1 atom stereocenters. The summed E-state index contributed by atoms with van der Waals surface area (Å²) in [5, 5.41) is 2.91. The van der Waals surface area contributed by atoms with Crippen LogP contribution >= 0.6 is 23.1 Å². The van der Waals surface area contributed by atoms with Crippen molar-refractivity contribution in [1.82, 2.24) is 14.1 Å². The van der Waals surface area contributed by atoms with Gasteiger partial charge in [0.2, 0.25) is 0 Å². The maximum absolute atomic E-state index is 12.3. The monoisotopic (exact) mass is 333 g/mol. The summed E-state index contributed by atoms with van der Waals surface area (Å²) in [6.45, 7) is 2.49. The minimum Gasteiger partial charge on any atom is -0.374 e. The number of ether oxygens (including phenoxy) is 1.